The number of aliphatic hydroxyl groups excluding tert-OH is 1. The van der Waals surface area contributed by atoms with Gasteiger partial charge in [-0.3, -0.25) is 14.4 Å². The molecule has 0 saturated heterocycles. The summed E-state index contributed by atoms with van der Waals surface area (Å²) in [5.74, 6) is -1.73. The molecule has 4 rings (SSSR count). The Hall–Kier alpha value is -3.87. The third kappa shape index (κ3) is 10.8. The molecule has 1 aromatic rings. The van der Waals surface area contributed by atoms with Gasteiger partial charge in [-0.2, -0.15) is 0 Å². The summed E-state index contributed by atoms with van der Waals surface area (Å²) in [5.41, 5.74) is 1.94. The maximum absolute atomic E-state index is 13.2. The van der Waals surface area contributed by atoms with Gasteiger partial charge in [0.25, 0.3) is 0 Å². The summed E-state index contributed by atoms with van der Waals surface area (Å²) < 4.78 is 11.4. The smallest absolute Gasteiger partial charge is 0.328 e. The van der Waals surface area contributed by atoms with Crippen LogP contribution in [0.5, 0.6) is 5.75 Å². The maximum Gasteiger partial charge on any atom is 0.328 e. The van der Waals surface area contributed by atoms with Crippen molar-refractivity contribution in [2.24, 2.45) is 11.8 Å². The second kappa shape index (κ2) is 18.9. The first-order valence-electron chi connectivity index (χ1n) is 17.5. The molecule has 5 atom stereocenters. The SMILES string of the molecule is CO[C@@H]1/C=C/C=C/C=C/C[C@@H](OC(=O)[C@H](C)NC(=O)C2CCCCC2)[C@H](C)[C@@H](O)/C(C)=C/CCc2cc3c(c(c2O)NC(=O)C1)SCC(=O)N3. The van der Waals surface area contributed by atoms with Crippen molar-refractivity contribution >= 4 is 46.8 Å². The van der Waals surface area contributed by atoms with Crippen molar-refractivity contribution in [1.82, 2.24) is 5.32 Å². The second-order valence-corrected chi connectivity index (χ2v) is 14.2. The van der Waals surface area contributed by atoms with Gasteiger partial charge in [-0.25, -0.2) is 4.79 Å². The van der Waals surface area contributed by atoms with E-state index in [0.717, 1.165) is 32.1 Å². The van der Waals surface area contributed by atoms with Crippen LogP contribution in [-0.4, -0.2) is 71.1 Å². The highest BCUT2D eigenvalue weighted by Gasteiger charge is 2.31. The zero-order chi connectivity index (χ0) is 36.2. The minimum Gasteiger partial charge on any atom is -0.505 e. The molecule has 11 nitrogen and oxygen atoms in total. The topological polar surface area (TPSA) is 163 Å². The molecule has 0 radical (unpaired) electrons. The van der Waals surface area contributed by atoms with E-state index in [1.165, 1.54) is 18.9 Å². The first-order valence-corrected chi connectivity index (χ1v) is 18.5. The van der Waals surface area contributed by atoms with E-state index < -0.39 is 36.2 Å². The van der Waals surface area contributed by atoms with Crippen LogP contribution >= 0.6 is 11.8 Å². The van der Waals surface area contributed by atoms with Crippen LogP contribution in [0.3, 0.4) is 0 Å². The van der Waals surface area contributed by atoms with E-state index >= 15 is 0 Å². The number of carbonyl (C=O) groups excluding carboxylic acids is 4. The molecule has 3 aliphatic rings. The van der Waals surface area contributed by atoms with Crippen LogP contribution in [-0.2, 0) is 35.1 Å². The highest BCUT2D eigenvalue weighted by atomic mass is 32.2. The number of carbonyl (C=O) groups is 4. The number of methoxy groups -OCH3 is 1. The second-order valence-electron chi connectivity index (χ2n) is 13.3. The summed E-state index contributed by atoms with van der Waals surface area (Å²) >= 11 is 1.24. The largest absolute Gasteiger partial charge is 0.505 e. The summed E-state index contributed by atoms with van der Waals surface area (Å²) in [7, 11) is 1.51. The minimum atomic E-state index is -0.949. The lowest BCUT2D eigenvalue weighted by Crippen LogP contribution is -2.45. The summed E-state index contributed by atoms with van der Waals surface area (Å²) in [6.07, 6.45) is 16.3. The first-order chi connectivity index (χ1) is 24.0. The molecule has 3 amide bonds. The van der Waals surface area contributed by atoms with Gasteiger partial charge in [0.2, 0.25) is 17.7 Å². The van der Waals surface area contributed by atoms with Gasteiger partial charge in [-0.15, -0.1) is 11.8 Å². The number of amides is 3. The van der Waals surface area contributed by atoms with Gasteiger partial charge in [0.1, 0.15) is 17.9 Å². The monoisotopic (exact) mass is 709 g/mol. The number of rotatable bonds is 5. The van der Waals surface area contributed by atoms with Crippen LogP contribution in [0.15, 0.2) is 59.1 Å². The average Bonchev–Trinajstić information content (AvgIpc) is 3.10. The Kier molecular flexibility index (Phi) is 14.7. The molecular weight excluding hydrogens is 658 g/mol. The number of aliphatic hydroxyl groups is 1. The van der Waals surface area contributed by atoms with Gasteiger partial charge < -0.3 is 35.6 Å². The number of fused-ring (bicyclic) bond motifs is 4. The minimum absolute atomic E-state index is 0.00354. The Labute approximate surface area is 299 Å². The van der Waals surface area contributed by atoms with Gasteiger partial charge in [0, 0.05) is 25.4 Å². The molecule has 0 unspecified atom stereocenters. The number of aromatic hydroxyl groups is 1. The quantitative estimate of drug-likeness (QED) is 0.111. The fraction of sp³-hybridized carbons (Fsp3) is 0.526. The van der Waals surface area contributed by atoms with Crippen molar-refractivity contribution in [2.75, 3.05) is 23.5 Å². The number of hydrogen-bond donors (Lipinski definition) is 5. The van der Waals surface area contributed by atoms with Gasteiger partial charge in [-0.1, -0.05) is 68.7 Å². The van der Waals surface area contributed by atoms with Crippen LogP contribution < -0.4 is 16.0 Å². The third-order valence-corrected chi connectivity index (χ3v) is 10.6. The lowest BCUT2D eigenvalue weighted by Gasteiger charge is -2.29. The summed E-state index contributed by atoms with van der Waals surface area (Å²) in [5, 5.41) is 31.2. The highest BCUT2D eigenvalue weighted by molar-refractivity contribution is 8.00. The molecule has 12 heteroatoms. The van der Waals surface area contributed by atoms with E-state index in [4.69, 9.17) is 9.47 Å². The molecule has 0 spiro atoms. The zero-order valence-electron chi connectivity index (χ0n) is 29.4. The molecule has 1 fully saturated rings. The lowest BCUT2D eigenvalue weighted by atomic mass is 9.88. The Morgan fingerprint density at radius 2 is 1.80 bits per heavy atom. The first kappa shape index (κ1) is 38.9. The summed E-state index contributed by atoms with van der Waals surface area (Å²) in [6.45, 7) is 5.24. The van der Waals surface area contributed by atoms with Crippen LogP contribution in [0.2, 0.25) is 0 Å². The molecule has 2 bridgehead atoms. The number of aryl methyl sites for hydroxylation is 1. The molecule has 1 aliphatic carbocycles. The van der Waals surface area contributed by atoms with Crippen LogP contribution in [0.25, 0.3) is 0 Å². The molecule has 1 saturated carbocycles. The number of phenols is 1. The Bertz CT molecular complexity index is 1510. The van der Waals surface area contributed by atoms with Gasteiger partial charge in [0.15, 0.2) is 0 Å². The van der Waals surface area contributed by atoms with Crippen molar-refractivity contribution < 1.29 is 38.9 Å². The Balaban J connectivity index is 1.57. The van der Waals surface area contributed by atoms with E-state index in [-0.39, 0.29) is 47.3 Å². The number of ether oxygens (including phenoxy) is 2. The number of nitrogens with one attached hydrogen (secondary N) is 3. The highest BCUT2D eigenvalue weighted by Crippen LogP contribution is 2.45. The number of phenolic OH excluding ortho intramolecular Hbond substituents is 1. The van der Waals surface area contributed by atoms with E-state index in [1.54, 1.807) is 44.2 Å². The number of benzene rings is 1. The number of hydrogen-bond acceptors (Lipinski definition) is 9. The summed E-state index contributed by atoms with van der Waals surface area (Å²) in [6, 6.07) is 0.877. The fourth-order valence-electron chi connectivity index (χ4n) is 6.37. The molecule has 50 heavy (non-hydrogen) atoms. The van der Waals surface area contributed by atoms with Gasteiger partial charge in [0.05, 0.1) is 40.7 Å². The number of thioether (sulfide) groups is 1. The molecule has 272 valence electrons. The number of anilines is 2. The lowest BCUT2D eigenvalue weighted by molar-refractivity contribution is -0.156. The Morgan fingerprint density at radius 3 is 2.54 bits per heavy atom. The van der Waals surface area contributed by atoms with Crippen molar-refractivity contribution in [2.45, 2.75) is 108 Å². The average molecular weight is 710 g/mol. The van der Waals surface area contributed by atoms with Crippen molar-refractivity contribution in [3.63, 3.8) is 0 Å². The fourth-order valence-corrected chi connectivity index (χ4v) is 7.27. The standard InChI is InChI=1S/C38H51N3O8S/c1-23-14-13-17-27-20-29-36(50-22-32(43)40-29)33(35(27)45)41-31(42)21-28(48-4)18-11-6-5-7-12-19-30(24(2)34(23)44)49-38(47)25(3)39-37(46)26-15-9-8-10-16-26/h5-7,11-12,14,18,20,24-26,28,30,34,44-45H,8-10,13,15-17,19,21-22H2,1-4H3,(H,39,46)(H,40,43)(H,41,42)/b6-5+,12-7+,18-11+,23-14+/t24-,25-,28+,30+,34-/m0/s1. The predicted octanol–water partition coefficient (Wildman–Crippen LogP) is 5.73. The number of allylic oxidation sites excluding steroid dienone is 5. The maximum atomic E-state index is 13.2. The van der Waals surface area contributed by atoms with Crippen LogP contribution in [0.1, 0.15) is 77.7 Å². The molecule has 0 aromatic heterocycles. The predicted molar refractivity (Wildman–Crippen MR) is 195 cm³/mol. The molecule has 2 aliphatic heterocycles. The van der Waals surface area contributed by atoms with Gasteiger partial charge >= 0.3 is 5.97 Å². The van der Waals surface area contributed by atoms with Crippen LogP contribution in [0.4, 0.5) is 11.4 Å². The van der Waals surface area contributed by atoms with Gasteiger partial charge in [-0.05, 0) is 56.7 Å². The molecule has 5 N–H and O–H groups in total. The van der Waals surface area contributed by atoms with E-state index in [9.17, 15) is 29.4 Å². The van der Waals surface area contributed by atoms with Crippen molar-refractivity contribution in [1.29, 1.82) is 0 Å². The summed E-state index contributed by atoms with van der Waals surface area (Å²) in [4.78, 5) is 51.9. The Morgan fingerprint density at radius 1 is 1.06 bits per heavy atom. The normalized spacial score (nSPS) is 27.8. The zero-order valence-corrected chi connectivity index (χ0v) is 30.2. The van der Waals surface area contributed by atoms with Crippen molar-refractivity contribution in [3.05, 3.63) is 59.7 Å². The van der Waals surface area contributed by atoms with Crippen LogP contribution in [0, 0.1) is 11.8 Å². The van der Waals surface area contributed by atoms with E-state index in [0.29, 0.717) is 41.0 Å². The molecular formula is C38H51N3O8S. The third-order valence-electron chi connectivity index (χ3n) is 9.46. The number of esters is 1. The molecule has 2 heterocycles. The van der Waals surface area contributed by atoms with Crippen molar-refractivity contribution in [3.8, 4) is 5.75 Å². The van der Waals surface area contributed by atoms with E-state index in [1.807, 2.05) is 25.2 Å². The molecule has 1 aromatic carbocycles. The van der Waals surface area contributed by atoms with E-state index in [2.05, 4.69) is 16.0 Å².